The molecule has 1 aromatic rings. The molecule has 15 heavy (non-hydrogen) atoms. The van der Waals surface area contributed by atoms with Crippen molar-refractivity contribution < 1.29 is 14.2 Å². The molecule has 0 radical (unpaired) electrons. The summed E-state index contributed by atoms with van der Waals surface area (Å²) in [6.07, 6.45) is -0.207. The van der Waals surface area contributed by atoms with Crippen LogP contribution >= 0.6 is 15.9 Å². The van der Waals surface area contributed by atoms with Crippen LogP contribution in [0.15, 0.2) is 22.7 Å². The number of hydrogen-bond donors (Lipinski definition) is 1. The zero-order valence-corrected chi connectivity index (χ0v) is 10.1. The zero-order chi connectivity index (χ0) is 11.3. The van der Waals surface area contributed by atoms with E-state index in [0.29, 0.717) is 17.5 Å². The van der Waals surface area contributed by atoms with Crippen molar-refractivity contribution in [3.63, 3.8) is 0 Å². The van der Waals surface area contributed by atoms with Crippen molar-refractivity contribution in [2.45, 2.75) is 19.4 Å². The van der Waals surface area contributed by atoms with Gasteiger partial charge in [0.1, 0.15) is 5.82 Å². The number of rotatable bonds is 5. The van der Waals surface area contributed by atoms with Crippen LogP contribution in [-0.4, -0.2) is 24.4 Å². The molecule has 1 N–H and O–H groups in total. The molecule has 0 bridgehead atoms. The fourth-order valence-electron chi connectivity index (χ4n) is 1.27. The first-order valence-corrected chi connectivity index (χ1v) is 5.63. The monoisotopic (exact) mass is 276 g/mol. The van der Waals surface area contributed by atoms with Gasteiger partial charge < -0.3 is 9.84 Å². The maximum Gasteiger partial charge on any atom is 0.137 e. The standard InChI is InChI=1S/C11H14BrFO2/c1-2-15-7-9(14)6-8-4-3-5-10(13)11(8)12/h3-5,9,14H,2,6-7H2,1H3. The average Bonchev–Trinajstić information content (AvgIpc) is 2.22. The van der Waals surface area contributed by atoms with Crippen LogP contribution in [0.2, 0.25) is 0 Å². The molecule has 2 nitrogen and oxygen atoms in total. The summed E-state index contributed by atoms with van der Waals surface area (Å²) >= 11 is 3.15. The molecule has 0 aliphatic rings. The summed E-state index contributed by atoms with van der Waals surface area (Å²) in [6, 6.07) is 4.79. The van der Waals surface area contributed by atoms with Crippen molar-refractivity contribution in [1.29, 1.82) is 0 Å². The summed E-state index contributed by atoms with van der Waals surface area (Å²) in [5, 5.41) is 9.58. The molecule has 1 rings (SSSR count). The van der Waals surface area contributed by atoms with Gasteiger partial charge in [0.25, 0.3) is 0 Å². The number of halogens is 2. The Morgan fingerprint density at radius 2 is 2.27 bits per heavy atom. The van der Waals surface area contributed by atoms with Crippen LogP contribution in [0, 0.1) is 5.82 Å². The lowest BCUT2D eigenvalue weighted by atomic mass is 10.1. The average molecular weight is 277 g/mol. The van der Waals surface area contributed by atoms with E-state index in [1.807, 2.05) is 6.92 Å². The van der Waals surface area contributed by atoms with Crippen LogP contribution in [0.25, 0.3) is 0 Å². The van der Waals surface area contributed by atoms with E-state index in [-0.39, 0.29) is 12.4 Å². The van der Waals surface area contributed by atoms with Crippen LogP contribution in [-0.2, 0) is 11.2 Å². The lowest BCUT2D eigenvalue weighted by Crippen LogP contribution is -2.18. The van der Waals surface area contributed by atoms with Gasteiger partial charge in [-0.15, -0.1) is 0 Å². The molecule has 0 saturated heterocycles. The van der Waals surface area contributed by atoms with E-state index in [1.165, 1.54) is 6.07 Å². The Hall–Kier alpha value is -0.450. The summed E-state index contributed by atoms with van der Waals surface area (Å²) in [4.78, 5) is 0. The third-order valence-corrected chi connectivity index (χ3v) is 2.89. The first kappa shape index (κ1) is 12.6. The highest BCUT2D eigenvalue weighted by molar-refractivity contribution is 9.10. The number of aliphatic hydroxyl groups is 1. The van der Waals surface area contributed by atoms with E-state index in [0.717, 1.165) is 5.56 Å². The molecule has 0 spiro atoms. The van der Waals surface area contributed by atoms with Crippen LogP contribution in [0.1, 0.15) is 12.5 Å². The van der Waals surface area contributed by atoms with Gasteiger partial charge in [-0.1, -0.05) is 12.1 Å². The molecule has 0 amide bonds. The fraction of sp³-hybridized carbons (Fsp3) is 0.455. The molecule has 1 unspecified atom stereocenters. The Labute approximate surface area is 97.2 Å². The quantitative estimate of drug-likeness (QED) is 0.896. The van der Waals surface area contributed by atoms with Crippen LogP contribution < -0.4 is 0 Å². The third-order valence-electron chi connectivity index (χ3n) is 2.00. The van der Waals surface area contributed by atoms with Crippen molar-refractivity contribution in [2.24, 2.45) is 0 Å². The van der Waals surface area contributed by atoms with Gasteiger partial charge in [0, 0.05) is 13.0 Å². The third kappa shape index (κ3) is 3.89. The van der Waals surface area contributed by atoms with Crippen molar-refractivity contribution in [3.8, 4) is 0 Å². The van der Waals surface area contributed by atoms with E-state index < -0.39 is 6.10 Å². The van der Waals surface area contributed by atoms with Gasteiger partial charge in [0.15, 0.2) is 0 Å². The van der Waals surface area contributed by atoms with Crippen molar-refractivity contribution >= 4 is 15.9 Å². The molecule has 1 atom stereocenters. The second-order valence-electron chi connectivity index (χ2n) is 3.23. The first-order valence-electron chi connectivity index (χ1n) is 4.83. The smallest absolute Gasteiger partial charge is 0.137 e. The second-order valence-corrected chi connectivity index (χ2v) is 4.02. The molecule has 1 aromatic carbocycles. The summed E-state index contributed by atoms with van der Waals surface area (Å²) in [5.41, 5.74) is 0.752. The molecule has 0 saturated carbocycles. The highest BCUT2D eigenvalue weighted by Crippen LogP contribution is 2.21. The molecule has 4 heteroatoms. The maximum absolute atomic E-state index is 13.1. The topological polar surface area (TPSA) is 29.5 Å². The normalized spacial score (nSPS) is 12.8. The minimum Gasteiger partial charge on any atom is -0.390 e. The van der Waals surface area contributed by atoms with Gasteiger partial charge in [0.05, 0.1) is 17.2 Å². The van der Waals surface area contributed by atoms with E-state index >= 15 is 0 Å². The SMILES string of the molecule is CCOCC(O)Cc1cccc(F)c1Br. The number of aliphatic hydroxyl groups excluding tert-OH is 1. The van der Waals surface area contributed by atoms with Crippen molar-refractivity contribution in [2.75, 3.05) is 13.2 Å². The van der Waals surface area contributed by atoms with Crippen LogP contribution in [0.5, 0.6) is 0 Å². The van der Waals surface area contributed by atoms with E-state index in [9.17, 15) is 9.50 Å². The molecule has 0 fully saturated rings. The van der Waals surface area contributed by atoms with Crippen molar-refractivity contribution in [1.82, 2.24) is 0 Å². The minimum atomic E-state index is -0.594. The second kappa shape index (κ2) is 6.20. The predicted octanol–water partition coefficient (Wildman–Crippen LogP) is 2.53. The van der Waals surface area contributed by atoms with Gasteiger partial charge in [-0.2, -0.15) is 0 Å². The fourth-order valence-corrected chi connectivity index (χ4v) is 1.70. The summed E-state index contributed by atoms with van der Waals surface area (Å²) < 4.78 is 18.6. The van der Waals surface area contributed by atoms with Gasteiger partial charge in [-0.25, -0.2) is 4.39 Å². The lowest BCUT2D eigenvalue weighted by molar-refractivity contribution is 0.0429. The van der Waals surface area contributed by atoms with Gasteiger partial charge in [-0.05, 0) is 34.5 Å². The van der Waals surface area contributed by atoms with E-state index in [2.05, 4.69) is 15.9 Å². The summed E-state index contributed by atoms with van der Waals surface area (Å²) in [7, 11) is 0. The Bertz CT molecular complexity index is 317. The Kier molecular flexibility index (Phi) is 5.22. The summed E-state index contributed by atoms with van der Waals surface area (Å²) in [5.74, 6) is -0.309. The molecule has 0 aliphatic heterocycles. The highest BCUT2D eigenvalue weighted by atomic mass is 79.9. The first-order chi connectivity index (χ1) is 7.15. The molecule has 0 heterocycles. The van der Waals surface area contributed by atoms with Crippen LogP contribution in [0.4, 0.5) is 4.39 Å². The van der Waals surface area contributed by atoms with Crippen molar-refractivity contribution in [3.05, 3.63) is 34.1 Å². The highest BCUT2D eigenvalue weighted by Gasteiger charge is 2.10. The molecule has 0 aromatic heterocycles. The predicted molar refractivity (Wildman–Crippen MR) is 60.3 cm³/mol. The van der Waals surface area contributed by atoms with E-state index in [1.54, 1.807) is 12.1 Å². The summed E-state index contributed by atoms with van der Waals surface area (Å²) in [6.45, 7) is 2.71. The Morgan fingerprint density at radius 3 is 2.93 bits per heavy atom. The minimum absolute atomic E-state index is 0.277. The zero-order valence-electron chi connectivity index (χ0n) is 8.54. The molecular formula is C11H14BrFO2. The Balaban J connectivity index is 2.60. The largest absolute Gasteiger partial charge is 0.390 e. The number of benzene rings is 1. The van der Waals surface area contributed by atoms with Gasteiger partial charge in [-0.3, -0.25) is 0 Å². The molecule has 0 aliphatic carbocycles. The maximum atomic E-state index is 13.1. The van der Waals surface area contributed by atoms with Gasteiger partial charge in [0.2, 0.25) is 0 Å². The lowest BCUT2D eigenvalue weighted by Gasteiger charge is -2.11. The van der Waals surface area contributed by atoms with Crippen LogP contribution in [0.3, 0.4) is 0 Å². The number of hydrogen-bond acceptors (Lipinski definition) is 2. The van der Waals surface area contributed by atoms with E-state index in [4.69, 9.17) is 4.74 Å². The van der Waals surface area contributed by atoms with Gasteiger partial charge >= 0.3 is 0 Å². The Morgan fingerprint density at radius 1 is 1.53 bits per heavy atom. The molecule has 84 valence electrons. The molecular weight excluding hydrogens is 263 g/mol. The number of ether oxygens (including phenoxy) is 1.